The van der Waals surface area contributed by atoms with E-state index in [0.29, 0.717) is 11.8 Å². The second-order valence-electron chi connectivity index (χ2n) is 7.30. The van der Waals surface area contributed by atoms with Crippen molar-refractivity contribution in [1.82, 2.24) is 0 Å². The van der Waals surface area contributed by atoms with Crippen LogP contribution in [0.25, 0.3) is 0 Å². The Morgan fingerprint density at radius 2 is 1.85 bits per heavy atom. The van der Waals surface area contributed by atoms with Gasteiger partial charge in [-0.15, -0.1) is 0 Å². The third-order valence-electron chi connectivity index (χ3n) is 6.12. The first-order valence-corrected chi connectivity index (χ1v) is 7.84. The summed E-state index contributed by atoms with van der Waals surface area (Å²) >= 11 is 0. The molecule has 5 heteroatoms. The molecule has 20 heavy (non-hydrogen) atoms. The van der Waals surface area contributed by atoms with Gasteiger partial charge in [0.1, 0.15) is 0 Å². The van der Waals surface area contributed by atoms with Gasteiger partial charge in [-0.3, -0.25) is 0 Å². The first-order valence-electron chi connectivity index (χ1n) is 7.84. The number of rotatable bonds is 0. The van der Waals surface area contributed by atoms with E-state index in [9.17, 15) is 5.11 Å². The number of hydrogen-bond acceptors (Lipinski definition) is 5. The van der Waals surface area contributed by atoms with Gasteiger partial charge in [-0.1, -0.05) is 13.8 Å². The fourth-order valence-electron chi connectivity index (χ4n) is 4.89. The summed E-state index contributed by atoms with van der Waals surface area (Å²) in [5.41, 5.74) is -0.549. The second-order valence-corrected chi connectivity index (χ2v) is 7.30. The maximum Gasteiger partial charge on any atom is 0.201 e. The van der Waals surface area contributed by atoms with Gasteiger partial charge in [-0.25, -0.2) is 9.78 Å². The first kappa shape index (κ1) is 13.5. The molecule has 1 spiro atoms. The summed E-state index contributed by atoms with van der Waals surface area (Å²) in [7, 11) is 0. The number of aliphatic hydroxyl groups is 1. The molecule has 0 aromatic rings. The lowest BCUT2D eigenvalue weighted by molar-refractivity contribution is -0.576. The average Bonchev–Trinajstić information content (AvgIpc) is 2.63. The van der Waals surface area contributed by atoms with E-state index in [1.54, 1.807) is 0 Å². The minimum absolute atomic E-state index is 0.0379. The monoisotopic (exact) mass is 284 g/mol. The van der Waals surface area contributed by atoms with Gasteiger partial charge in [-0.05, 0) is 38.0 Å². The minimum Gasteiger partial charge on any atom is -0.368 e. The molecule has 0 radical (unpaired) electrons. The number of fused-ring (bicyclic) bond motifs is 2. The van der Waals surface area contributed by atoms with Crippen LogP contribution in [0.1, 0.15) is 46.5 Å². The summed E-state index contributed by atoms with van der Waals surface area (Å²) < 4.78 is 11.9. The van der Waals surface area contributed by atoms with Crippen LogP contribution in [-0.2, 0) is 19.2 Å². The Labute approximate surface area is 119 Å². The van der Waals surface area contributed by atoms with Gasteiger partial charge in [0.05, 0.1) is 0 Å². The maximum atomic E-state index is 10.2. The fraction of sp³-hybridized carbons (Fsp3) is 1.00. The topological polar surface area (TPSA) is 57.2 Å². The maximum absolute atomic E-state index is 10.2. The Balaban J connectivity index is 1.82. The molecule has 0 aromatic heterocycles. The molecule has 1 N–H and O–H groups in total. The minimum atomic E-state index is -0.781. The summed E-state index contributed by atoms with van der Waals surface area (Å²) in [5.74, 6) is 0.437. The van der Waals surface area contributed by atoms with E-state index < -0.39 is 24.0 Å². The predicted molar refractivity (Wildman–Crippen MR) is 69.0 cm³/mol. The first-order chi connectivity index (χ1) is 9.46. The molecule has 5 fully saturated rings. The lowest BCUT2D eigenvalue weighted by Gasteiger charge is -2.59. The third-order valence-corrected chi connectivity index (χ3v) is 6.12. The molecule has 0 unspecified atom stereocenters. The van der Waals surface area contributed by atoms with Crippen molar-refractivity contribution in [2.24, 2.45) is 23.7 Å². The number of ether oxygens (including phenoxy) is 2. The molecule has 4 saturated heterocycles. The van der Waals surface area contributed by atoms with Gasteiger partial charge in [0, 0.05) is 18.3 Å². The highest BCUT2D eigenvalue weighted by Crippen LogP contribution is 2.60. The van der Waals surface area contributed by atoms with Crippen LogP contribution < -0.4 is 0 Å². The van der Waals surface area contributed by atoms with Crippen LogP contribution in [-0.4, -0.2) is 29.1 Å². The molecule has 1 saturated carbocycles. The molecular formula is C15H24O5. The second kappa shape index (κ2) is 4.17. The third kappa shape index (κ3) is 1.56. The molecule has 5 aliphatic rings. The summed E-state index contributed by atoms with van der Waals surface area (Å²) in [4.78, 5) is 11.6. The average molecular weight is 284 g/mol. The van der Waals surface area contributed by atoms with Gasteiger partial charge in [0.2, 0.25) is 5.79 Å². The molecule has 4 aliphatic heterocycles. The largest absolute Gasteiger partial charge is 0.368 e. The molecule has 2 bridgehead atoms. The zero-order valence-corrected chi connectivity index (χ0v) is 12.4. The Bertz CT molecular complexity index is 411. The van der Waals surface area contributed by atoms with Crippen LogP contribution in [0.5, 0.6) is 0 Å². The zero-order chi connectivity index (χ0) is 14.1. The van der Waals surface area contributed by atoms with Crippen LogP contribution in [0.15, 0.2) is 0 Å². The lowest BCUT2D eigenvalue weighted by atomic mass is 9.58. The number of hydrogen-bond donors (Lipinski definition) is 1. The number of aliphatic hydroxyl groups excluding tert-OH is 1. The zero-order valence-electron chi connectivity index (χ0n) is 12.4. The van der Waals surface area contributed by atoms with Crippen molar-refractivity contribution in [3.63, 3.8) is 0 Å². The van der Waals surface area contributed by atoms with E-state index in [4.69, 9.17) is 19.2 Å². The van der Waals surface area contributed by atoms with Gasteiger partial charge in [-0.2, -0.15) is 0 Å². The van der Waals surface area contributed by atoms with E-state index in [1.807, 2.05) is 13.8 Å². The summed E-state index contributed by atoms with van der Waals surface area (Å²) in [5, 5.41) is 10.2. The summed E-state index contributed by atoms with van der Waals surface area (Å²) in [6, 6.07) is 0. The molecule has 5 rings (SSSR count). The van der Waals surface area contributed by atoms with E-state index in [-0.39, 0.29) is 11.8 Å². The van der Waals surface area contributed by atoms with Gasteiger partial charge in [0.25, 0.3) is 0 Å². The van der Waals surface area contributed by atoms with Crippen molar-refractivity contribution in [3.8, 4) is 0 Å². The standard InChI is InChI=1S/C15H24O5/c1-8-4-5-11-9(2)12(16)17-13-15(11)10(8)6-7-14(3,18-13)19-20-15/h8-13,16H,4-7H2,1-3H3/t8-,9+,10+,11+,12+,13-,14-,15-/m0/s1. The lowest BCUT2D eigenvalue weighted by Crippen LogP contribution is -2.70. The fourth-order valence-corrected chi connectivity index (χ4v) is 4.89. The van der Waals surface area contributed by atoms with Gasteiger partial charge < -0.3 is 14.6 Å². The summed E-state index contributed by atoms with van der Waals surface area (Å²) in [6.45, 7) is 6.22. The van der Waals surface area contributed by atoms with Crippen LogP contribution in [0.4, 0.5) is 0 Å². The van der Waals surface area contributed by atoms with Crippen molar-refractivity contribution >= 4 is 0 Å². The van der Waals surface area contributed by atoms with E-state index in [2.05, 4.69) is 6.92 Å². The van der Waals surface area contributed by atoms with Gasteiger partial charge in [0.15, 0.2) is 18.2 Å². The smallest absolute Gasteiger partial charge is 0.201 e. The quantitative estimate of drug-likeness (QED) is 0.691. The molecule has 1 aliphatic carbocycles. The van der Waals surface area contributed by atoms with Crippen molar-refractivity contribution in [3.05, 3.63) is 0 Å². The van der Waals surface area contributed by atoms with Crippen LogP contribution in [0.3, 0.4) is 0 Å². The molecule has 8 atom stereocenters. The Morgan fingerprint density at radius 3 is 2.65 bits per heavy atom. The van der Waals surface area contributed by atoms with E-state index >= 15 is 0 Å². The SMILES string of the molecule is C[C@H]1[C@H](O)O[C@H]2O[C@]3(C)CC[C@@H]4[C@@H](C)CC[C@H]1[C@]24OO3. The Morgan fingerprint density at radius 1 is 1.05 bits per heavy atom. The molecule has 4 heterocycles. The Kier molecular flexibility index (Phi) is 2.81. The Hall–Kier alpha value is -0.200. The highest BCUT2D eigenvalue weighted by Gasteiger charge is 2.69. The molecule has 5 nitrogen and oxygen atoms in total. The molecule has 0 amide bonds. The van der Waals surface area contributed by atoms with E-state index in [1.165, 1.54) is 6.42 Å². The van der Waals surface area contributed by atoms with Crippen LogP contribution in [0, 0.1) is 23.7 Å². The van der Waals surface area contributed by atoms with Crippen molar-refractivity contribution in [2.45, 2.75) is 70.4 Å². The molecule has 114 valence electrons. The summed E-state index contributed by atoms with van der Waals surface area (Å²) in [6.07, 6.45) is 2.72. The van der Waals surface area contributed by atoms with E-state index in [0.717, 1.165) is 19.3 Å². The normalized spacial score (nSPS) is 61.8. The van der Waals surface area contributed by atoms with Crippen LogP contribution in [0.2, 0.25) is 0 Å². The van der Waals surface area contributed by atoms with Crippen molar-refractivity contribution in [2.75, 3.05) is 0 Å². The van der Waals surface area contributed by atoms with Crippen LogP contribution >= 0.6 is 0 Å². The van der Waals surface area contributed by atoms with Crippen molar-refractivity contribution in [1.29, 1.82) is 0 Å². The highest BCUT2D eigenvalue weighted by molar-refractivity contribution is 5.08. The molecule has 0 aromatic carbocycles. The molecular weight excluding hydrogens is 260 g/mol. The predicted octanol–water partition coefficient (Wildman–Crippen LogP) is 2.19. The van der Waals surface area contributed by atoms with Crippen molar-refractivity contribution < 1.29 is 24.4 Å². The highest BCUT2D eigenvalue weighted by atomic mass is 17.3. The van der Waals surface area contributed by atoms with Gasteiger partial charge >= 0.3 is 0 Å².